The number of carbonyl (C=O) groups is 1. The van der Waals surface area contributed by atoms with Crippen molar-refractivity contribution in [3.63, 3.8) is 0 Å². The van der Waals surface area contributed by atoms with Gasteiger partial charge in [-0.1, -0.05) is 11.8 Å². The van der Waals surface area contributed by atoms with Crippen LogP contribution in [0.2, 0.25) is 0 Å². The molecule has 2 aliphatic carbocycles. The molecule has 2 fully saturated rings. The van der Waals surface area contributed by atoms with Crippen molar-refractivity contribution >= 4 is 17.7 Å². The minimum atomic E-state index is -0.782. The van der Waals surface area contributed by atoms with Crippen molar-refractivity contribution in [1.82, 2.24) is 9.55 Å². The van der Waals surface area contributed by atoms with Crippen LogP contribution in [0.25, 0.3) is 0 Å². The van der Waals surface area contributed by atoms with Gasteiger partial charge in [-0.15, -0.1) is 0 Å². The highest BCUT2D eigenvalue weighted by Crippen LogP contribution is 2.62. The quantitative estimate of drug-likeness (QED) is 0.804. The highest BCUT2D eigenvalue weighted by Gasteiger charge is 2.53. The molecule has 0 radical (unpaired) electrons. The molecule has 2 aliphatic rings. The fourth-order valence-corrected chi connectivity index (χ4v) is 3.51. The van der Waals surface area contributed by atoms with E-state index in [9.17, 15) is 4.79 Å². The zero-order valence-corrected chi connectivity index (χ0v) is 11.4. The molecule has 1 aromatic heterocycles. The van der Waals surface area contributed by atoms with Crippen molar-refractivity contribution in [3.8, 4) is 0 Å². The van der Waals surface area contributed by atoms with Crippen molar-refractivity contribution < 1.29 is 9.90 Å². The first-order chi connectivity index (χ1) is 8.59. The van der Waals surface area contributed by atoms with Gasteiger partial charge in [0.15, 0.2) is 5.16 Å². The molecule has 3 rings (SSSR count). The van der Waals surface area contributed by atoms with E-state index in [0.717, 1.165) is 23.3 Å². The number of nitrogens with zero attached hydrogens (tertiary/aromatic N) is 2. The Morgan fingerprint density at radius 2 is 2.33 bits per heavy atom. The number of carboxylic acid groups (broad SMARTS) is 1. The van der Waals surface area contributed by atoms with Gasteiger partial charge in [0.25, 0.3) is 0 Å². The Bertz CT molecular complexity index is 475. The molecular formula is C13H18N2O2S. The SMILES string of the molecule is Cc1cn(CC2(C3CC3)CC2)c(SCC(=O)O)n1. The van der Waals surface area contributed by atoms with Crippen molar-refractivity contribution in [2.24, 2.45) is 11.3 Å². The summed E-state index contributed by atoms with van der Waals surface area (Å²) in [6.45, 7) is 3.00. The summed E-state index contributed by atoms with van der Waals surface area (Å²) in [5.41, 5.74) is 1.50. The van der Waals surface area contributed by atoms with Gasteiger partial charge in [-0.2, -0.15) is 0 Å². The first-order valence-electron chi connectivity index (χ1n) is 6.47. The smallest absolute Gasteiger partial charge is 0.313 e. The monoisotopic (exact) mass is 266 g/mol. The van der Waals surface area contributed by atoms with E-state index in [1.165, 1.54) is 37.4 Å². The summed E-state index contributed by atoms with van der Waals surface area (Å²) >= 11 is 1.33. The fraction of sp³-hybridized carbons (Fsp3) is 0.692. The van der Waals surface area contributed by atoms with Crippen LogP contribution in [0, 0.1) is 18.3 Å². The summed E-state index contributed by atoms with van der Waals surface area (Å²) < 4.78 is 2.17. The number of rotatable bonds is 6. The highest BCUT2D eigenvalue weighted by atomic mass is 32.2. The molecular weight excluding hydrogens is 248 g/mol. The number of aliphatic carboxylic acids is 1. The van der Waals surface area contributed by atoms with Gasteiger partial charge in [-0.3, -0.25) is 4.79 Å². The average molecular weight is 266 g/mol. The molecule has 2 saturated carbocycles. The molecule has 18 heavy (non-hydrogen) atoms. The number of imidazole rings is 1. The normalized spacial score (nSPS) is 20.9. The molecule has 0 spiro atoms. The van der Waals surface area contributed by atoms with Gasteiger partial charge in [-0.05, 0) is 43.9 Å². The van der Waals surface area contributed by atoms with E-state index in [1.54, 1.807) is 0 Å². The first kappa shape index (κ1) is 12.1. The van der Waals surface area contributed by atoms with E-state index < -0.39 is 5.97 Å². The maximum atomic E-state index is 10.6. The standard InChI is InChI=1S/C13H18N2O2S/c1-9-6-15(12(14-9)18-7-11(16)17)8-13(4-5-13)10-2-3-10/h6,10H,2-5,7-8H2,1H3,(H,16,17). The van der Waals surface area contributed by atoms with E-state index in [2.05, 4.69) is 15.7 Å². The van der Waals surface area contributed by atoms with Gasteiger partial charge in [0, 0.05) is 12.7 Å². The summed E-state index contributed by atoms with van der Waals surface area (Å²) in [5.74, 6) is 0.223. The Hall–Kier alpha value is -0.970. The summed E-state index contributed by atoms with van der Waals surface area (Å²) in [6, 6.07) is 0. The highest BCUT2D eigenvalue weighted by molar-refractivity contribution is 7.99. The molecule has 0 aromatic carbocycles. The molecule has 0 amide bonds. The average Bonchev–Trinajstić information content (AvgIpc) is 3.15. The van der Waals surface area contributed by atoms with Crippen LogP contribution in [0.1, 0.15) is 31.4 Å². The maximum absolute atomic E-state index is 10.6. The van der Waals surface area contributed by atoms with Crippen LogP contribution in [0.3, 0.4) is 0 Å². The minimum Gasteiger partial charge on any atom is -0.481 e. The third-order valence-corrected chi connectivity index (χ3v) is 4.98. The zero-order valence-electron chi connectivity index (χ0n) is 10.6. The Morgan fingerprint density at radius 1 is 1.61 bits per heavy atom. The van der Waals surface area contributed by atoms with Crippen LogP contribution in [-0.4, -0.2) is 26.4 Å². The molecule has 1 N–H and O–H groups in total. The summed E-state index contributed by atoms with van der Waals surface area (Å²) in [4.78, 5) is 15.1. The van der Waals surface area contributed by atoms with Gasteiger partial charge in [0.05, 0.1) is 11.4 Å². The van der Waals surface area contributed by atoms with Gasteiger partial charge < -0.3 is 9.67 Å². The van der Waals surface area contributed by atoms with Crippen LogP contribution in [0.15, 0.2) is 11.4 Å². The number of hydrogen-bond acceptors (Lipinski definition) is 3. The predicted molar refractivity (Wildman–Crippen MR) is 69.7 cm³/mol. The number of aromatic nitrogens is 2. The molecule has 1 heterocycles. The molecule has 0 aliphatic heterocycles. The summed E-state index contributed by atoms with van der Waals surface area (Å²) in [7, 11) is 0. The Labute approximate surface area is 111 Å². The number of aryl methyl sites for hydroxylation is 1. The van der Waals surface area contributed by atoms with Gasteiger partial charge in [0.1, 0.15) is 0 Å². The molecule has 0 saturated heterocycles. The third-order valence-electron chi connectivity index (χ3n) is 4.01. The molecule has 4 nitrogen and oxygen atoms in total. The van der Waals surface area contributed by atoms with Gasteiger partial charge in [0.2, 0.25) is 0 Å². The van der Waals surface area contributed by atoms with E-state index in [0.29, 0.717) is 5.41 Å². The summed E-state index contributed by atoms with van der Waals surface area (Å²) in [6.07, 6.45) is 7.49. The second-order valence-corrected chi connectivity index (χ2v) is 6.55. The number of thioether (sulfide) groups is 1. The van der Waals surface area contributed by atoms with Crippen LogP contribution in [0.5, 0.6) is 0 Å². The lowest BCUT2D eigenvalue weighted by atomic mass is 10.0. The lowest BCUT2D eigenvalue weighted by Gasteiger charge is -2.16. The third kappa shape index (κ3) is 2.41. The lowest BCUT2D eigenvalue weighted by Crippen LogP contribution is -2.14. The van der Waals surface area contributed by atoms with Crippen molar-refractivity contribution in [2.75, 3.05) is 5.75 Å². The lowest BCUT2D eigenvalue weighted by molar-refractivity contribution is -0.133. The predicted octanol–water partition coefficient (Wildman–Crippen LogP) is 2.56. The van der Waals surface area contributed by atoms with Crippen LogP contribution in [-0.2, 0) is 11.3 Å². The van der Waals surface area contributed by atoms with Crippen molar-refractivity contribution in [3.05, 3.63) is 11.9 Å². The summed E-state index contributed by atoms with van der Waals surface area (Å²) in [5, 5.41) is 9.62. The molecule has 0 bridgehead atoms. The van der Waals surface area contributed by atoms with Crippen LogP contribution in [0.4, 0.5) is 0 Å². The second-order valence-electron chi connectivity index (χ2n) is 5.61. The molecule has 98 valence electrons. The fourth-order valence-electron chi connectivity index (χ4n) is 2.77. The number of hydrogen-bond donors (Lipinski definition) is 1. The van der Waals surface area contributed by atoms with E-state index in [-0.39, 0.29) is 5.75 Å². The molecule has 1 aromatic rings. The van der Waals surface area contributed by atoms with E-state index in [4.69, 9.17) is 5.11 Å². The van der Waals surface area contributed by atoms with Crippen LogP contribution >= 0.6 is 11.8 Å². The van der Waals surface area contributed by atoms with Crippen molar-refractivity contribution in [2.45, 2.75) is 44.3 Å². The zero-order chi connectivity index (χ0) is 12.8. The first-order valence-corrected chi connectivity index (χ1v) is 7.46. The van der Waals surface area contributed by atoms with Gasteiger partial charge in [-0.25, -0.2) is 4.98 Å². The van der Waals surface area contributed by atoms with Gasteiger partial charge >= 0.3 is 5.97 Å². The largest absolute Gasteiger partial charge is 0.481 e. The van der Waals surface area contributed by atoms with Crippen molar-refractivity contribution in [1.29, 1.82) is 0 Å². The van der Waals surface area contributed by atoms with Crippen LogP contribution < -0.4 is 0 Å². The Balaban J connectivity index is 1.72. The minimum absolute atomic E-state index is 0.0902. The van der Waals surface area contributed by atoms with E-state index >= 15 is 0 Å². The molecule has 5 heteroatoms. The molecule has 0 atom stereocenters. The maximum Gasteiger partial charge on any atom is 0.313 e. The Kier molecular flexibility index (Phi) is 2.88. The number of carboxylic acids is 1. The van der Waals surface area contributed by atoms with E-state index in [1.807, 2.05) is 6.92 Å². The second kappa shape index (κ2) is 4.30. The molecule has 0 unspecified atom stereocenters. The topological polar surface area (TPSA) is 55.1 Å². The Morgan fingerprint density at radius 3 is 2.89 bits per heavy atom.